The van der Waals surface area contributed by atoms with Gasteiger partial charge in [-0.25, -0.2) is 0 Å². The van der Waals surface area contributed by atoms with E-state index in [1.165, 1.54) is 0 Å². The number of rotatable bonds is 18. The number of nitrogens with two attached hydrogens (primary N) is 1. The van der Waals surface area contributed by atoms with E-state index in [4.69, 9.17) is 16.1 Å². The molecule has 0 aliphatic heterocycles. The lowest BCUT2D eigenvalue weighted by Gasteiger charge is -2.20. The van der Waals surface area contributed by atoms with Crippen molar-refractivity contribution in [3.63, 3.8) is 0 Å². The highest BCUT2D eigenvalue weighted by Crippen LogP contribution is 2.00. The van der Waals surface area contributed by atoms with E-state index in [1.54, 1.807) is 0 Å². The highest BCUT2D eigenvalue weighted by molar-refractivity contribution is 7.80. The number of carboxylic acid groups (broad SMARTS) is 2. The van der Waals surface area contributed by atoms with Crippen LogP contribution >= 0.6 is 12.6 Å². The Kier molecular flexibility index (Phi) is 16.2. The van der Waals surface area contributed by atoms with Gasteiger partial charge in [0.15, 0.2) is 0 Å². The Morgan fingerprint density at radius 3 is 1.51 bits per heavy atom. The summed E-state index contributed by atoms with van der Waals surface area (Å²) >= 11 is 3.92. The summed E-state index contributed by atoms with van der Waals surface area (Å²) in [4.78, 5) is 81.9. The van der Waals surface area contributed by atoms with Crippen LogP contribution in [0.3, 0.4) is 0 Å². The molecule has 17 heteroatoms. The molecule has 16 nitrogen and oxygen atoms in total. The third-order valence-corrected chi connectivity index (χ3v) is 4.36. The summed E-state index contributed by atoms with van der Waals surface area (Å²) in [5.41, 5.74) is 2.07. The minimum absolute atomic E-state index is 0.266. The molecule has 0 rings (SSSR count). The molecule has 0 aromatic carbocycles. The topological polar surface area (TPSA) is 258 Å². The van der Waals surface area contributed by atoms with Crippen molar-refractivity contribution >= 4 is 54.1 Å². The second-order valence-electron chi connectivity index (χ2n) is 7.00. The van der Waals surface area contributed by atoms with Gasteiger partial charge in [-0.1, -0.05) is 0 Å². The van der Waals surface area contributed by atoms with Crippen molar-refractivity contribution in [1.82, 2.24) is 32.0 Å². The first kappa shape index (κ1) is 31.6. The number of carbonyl (C=O) groups is 7. The summed E-state index contributed by atoms with van der Waals surface area (Å²) < 4.78 is 0. The van der Waals surface area contributed by atoms with Crippen molar-refractivity contribution in [3.8, 4) is 0 Å². The standard InChI is InChI=1S/C18H31N7O9S/c19-23-9-14(28)25-11(2-4-16(31)32)18(34)22-8-13(27)24-10(1-3-15(29)30)17(33)21-7-12(26)20-5-6-35/h10-11,23,35H,1-9,19H2,(H,20,26)(H,21,33)(H,22,34)(H,24,27)(H,25,28)(H,29,30)(H,31,32). The van der Waals surface area contributed by atoms with Crippen LogP contribution < -0.4 is 37.9 Å². The van der Waals surface area contributed by atoms with Gasteiger partial charge in [0.1, 0.15) is 12.1 Å². The molecular weight excluding hydrogens is 490 g/mol. The van der Waals surface area contributed by atoms with Gasteiger partial charge in [-0.3, -0.25) is 44.8 Å². The summed E-state index contributed by atoms with van der Waals surface area (Å²) in [6.07, 6.45) is -1.46. The SMILES string of the molecule is NNCC(=O)NC(CCC(=O)O)C(=O)NCC(=O)NC(CCC(=O)O)C(=O)NCC(=O)NCCS. The predicted octanol–water partition coefficient (Wildman–Crippen LogP) is -4.57. The third kappa shape index (κ3) is 15.9. The fraction of sp³-hybridized carbons (Fsp3) is 0.611. The smallest absolute Gasteiger partial charge is 0.303 e. The molecule has 0 radical (unpaired) electrons. The molecule has 0 spiro atoms. The molecule has 0 saturated carbocycles. The Bertz CT molecular complexity index is 781. The largest absolute Gasteiger partial charge is 0.481 e. The Morgan fingerprint density at radius 2 is 1.11 bits per heavy atom. The van der Waals surface area contributed by atoms with Gasteiger partial charge < -0.3 is 36.8 Å². The lowest BCUT2D eigenvalue weighted by Crippen LogP contribution is -2.53. The number of amides is 5. The van der Waals surface area contributed by atoms with Crippen molar-refractivity contribution in [3.05, 3.63) is 0 Å². The Hall–Kier alpha value is -3.44. The fourth-order valence-electron chi connectivity index (χ4n) is 2.50. The summed E-state index contributed by atoms with van der Waals surface area (Å²) in [6, 6.07) is -2.59. The Balaban J connectivity index is 4.97. The highest BCUT2D eigenvalue weighted by Gasteiger charge is 2.25. The molecule has 0 fully saturated rings. The van der Waals surface area contributed by atoms with Gasteiger partial charge in [-0.2, -0.15) is 12.6 Å². The monoisotopic (exact) mass is 521 g/mol. The molecule has 0 saturated heterocycles. The fourth-order valence-corrected chi connectivity index (χ4v) is 2.61. The molecule has 0 aromatic rings. The molecule has 35 heavy (non-hydrogen) atoms. The predicted molar refractivity (Wildman–Crippen MR) is 123 cm³/mol. The molecule has 2 atom stereocenters. The zero-order valence-corrected chi connectivity index (χ0v) is 19.7. The Morgan fingerprint density at radius 1 is 0.686 bits per heavy atom. The second-order valence-corrected chi connectivity index (χ2v) is 7.44. The summed E-state index contributed by atoms with van der Waals surface area (Å²) in [5, 5.41) is 29.2. The van der Waals surface area contributed by atoms with Gasteiger partial charge in [0.05, 0.1) is 19.6 Å². The number of hydrogen-bond acceptors (Lipinski definition) is 10. The zero-order chi connectivity index (χ0) is 26.8. The van der Waals surface area contributed by atoms with Crippen molar-refractivity contribution in [1.29, 1.82) is 0 Å². The number of carboxylic acids is 2. The van der Waals surface area contributed by atoms with Crippen LogP contribution in [0.5, 0.6) is 0 Å². The van der Waals surface area contributed by atoms with Crippen LogP contribution in [0, 0.1) is 0 Å². The molecule has 0 aromatic heterocycles. The van der Waals surface area contributed by atoms with E-state index < -0.39 is 79.5 Å². The van der Waals surface area contributed by atoms with Crippen molar-refractivity contribution < 1.29 is 43.8 Å². The van der Waals surface area contributed by atoms with Crippen molar-refractivity contribution in [2.45, 2.75) is 37.8 Å². The van der Waals surface area contributed by atoms with E-state index >= 15 is 0 Å². The van der Waals surface area contributed by atoms with Crippen LogP contribution in [-0.2, 0) is 33.6 Å². The molecule has 0 heterocycles. The zero-order valence-electron chi connectivity index (χ0n) is 18.8. The summed E-state index contributed by atoms with van der Waals surface area (Å²) in [6.45, 7) is -1.14. The van der Waals surface area contributed by atoms with Crippen LogP contribution in [0.2, 0.25) is 0 Å². The van der Waals surface area contributed by atoms with Crippen molar-refractivity contribution in [2.75, 3.05) is 31.9 Å². The molecule has 0 aliphatic rings. The number of aliphatic carboxylic acids is 2. The number of hydrogen-bond donors (Lipinski definition) is 10. The summed E-state index contributed by atoms with van der Waals surface area (Å²) in [5.74, 6) is -0.767. The number of hydrazine groups is 1. The van der Waals surface area contributed by atoms with Gasteiger partial charge >= 0.3 is 11.9 Å². The van der Waals surface area contributed by atoms with E-state index in [0.29, 0.717) is 5.75 Å². The van der Waals surface area contributed by atoms with Gasteiger partial charge in [0.2, 0.25) is 29.5 Å². The average molecular weight is 522 g/mol. The van der Waals surface area contributed by atoms with Crippen LogP contribution in [0.4, 0.5) is 0 Å². The quantitative estimate of drug-likeness (QED) is 0.0466. The van der Waals surface area contributed by atoms with Crippen LogP contribution in [-0.4, -0.2) is 95.7 Å². The van der Waals surface area contributed by atoms with E-state index in [2.05, 4.69) is 44.6 Å². The van der Waals surface area contributed by atoms with E-state index in [9.17, 15) is 33.6 Å². The van der Waals surface area contributed by atoms with E-state index in [0.717, 1.165) is 0 Å². The molecule has 2 unspecified atom stereocenters. The Labute approximate surface area is 205 Å². The van der Waals surface area contributed by atoms with E-state index in [-0.39, 0.29) is 25.9 Å². The maximum Gasteiger partial charge on any atom is 0.303 e. The number of nitrogens with one attached hydrogen (secondary N) is 6. The number of thiol groups is 1. The van der Waals surface area contributed by atoms with Crippen LogP contribution in [0.1, 0.15) is 25.7 Å². The number of carbonyl (C=O) groups excluding carboxylic acids is 5. The second kappa shape index (κ2) is 18.0. The van der Waals surface area contributed by atoms with Crippen molar-refractivity contribution in [2.24, 2.45) is 5.84 Å². The maximum atomic E-state index is 12.3. The first-order valence-corrected chi connectivity index (χ1v) is 11.0. The maximum absolute atomic E-state index is 12.3. The molecule has 5 amide bonds. The normalized spacial score (nSPS) is 11.9. The molecular formula is C18H31N7O9S. The first-order chi connectivity index (χ1) is 16.5. The minimum Gasteiger partial charge on any atom is -0.481 e. The van der Waals surface area contributed by atoms with Gasteiger partial charge in [-0.15, -0.1) is 0 Å². The van der Waals surface area contributed by atoms with Crippen LogP contribution in [0.25, 0.3) is 0 Å². The molecule has 0 aliphatic carbocycles. The van der Waals surface area contributed by atoms with Gasteiger partial charge in [0, 0.05) is 25.1 Å². The van der Waals surface area contributed by atoms with Gasteiger partial charge in [0.25, 0.3) is 0 Å². The average Bonchev–Trinajstić information content (AvgIpc) is 2.79. The minimum atomic E-state index is -1.31. The van der Waals surface area contributed by atoms with Gasteiger partial charge in [-0.05, 0) is 12.8 Å². The van der Waals surface area contributed by atoms with E-state index in [1.807, 2.05) is 0 Å². The lowest BCUT2D eigenvalue weighted by molar-refractivity contribution is -0.138. The molecule has 0 bridgehead atoms. The highest BCUT2D eigenvalue weighted by atomic mass is 32.1. The lowest BCUT2D eigenvalue weighted by atomic mass is 10.1. The third-order valence-electron chi connectivity index (χ3n) is 4.14. The summed E-state index contributed by atoms with van der Waals surface area (Å²) in [7, 11) is 0. The first-order valence-electron chi connectivity index (χ1n) is 10.4. The molecule has 10 N–H and O–H groups in total. The molecule has 198 valence electrons. The van der Waals surface area contributed by atoms with Crippen LogP contribution in [0.15, 0.2) is 0 Å².